The van der Waals surface area contributed by atoms with Crippen molar-refractivity contribution in [1.29, 1.82) is 0 Å². The number of piperidine rings is 1. The number of fused-ring (bicyclic) bond motifs is 1. The molecule has 0 radical (unpaired) electrons. The van der Waals surface area contributed by atoms with Crippen LogP contribution in [0.25, 0.3) is 17.0 Å². The summed E-state index contributed by atoms with van der Waals surface area (Å²) in [7, 11) is 0. The van der Waals surface area contributed by atoms with Gasteiger partial charge in [0.25, 0.3) is 0 Å². The summed E-state index contributed by atoms with van der Waals surface area (Å²) < 4.78 is 2.89. The maximum atomic E-state index is 4.76. The second-order valence-corrected chi connectivity index (χ2v) is 6.46. The van der Waals surface area contributed by atoms with Gasteiger partial charge in [-0.25, -0.2) is 0 Å². The van der Waals surface area contributed by atoms with Crippen LogP contribution in [0, 0.1) is 0 Å². The van der Waals surface area contributed by atoms with E-state index in [2.05, 4.69) is 31.0 Å². The Labute approximate surface area is 137 Å². The van der Waals surface area contributed by atoms with Crippen LogP contribution in [0.1, 0.15) is 19.3 Å². The van der Waals surface area contributed by atoms with Crippen molar-refractivity contribution in [2.24, 2.45) is 0 Å². The first-order chi connectivity index (χ1) is 10.8. The molecule has 1 aliphatic rings. The van der Waals surface area contributed by atoms with Crippen LogP contribution in [0.2, 0.25) is 0 Å². The van der Waals surface area contributed by atoms with E-state index in [0.29, 0.717) is 0 Å². The monoisotopic (exact) mass is 357 g/mol. The summed E-state index contributed by atoms with van der Waals surface area (Å²) in [6, 6.07) is 12.1. The van der Waals surface area contributed by atoms with Crippen molar-refractivity contribution < 1.29 is 0 Å². The van der Waals surface area contributed by atoms with Crippen molar-refractivity contribution in [3.8, 4) is 11.4 Å². The molecule has 2 aromatic heterocycles. The fraction of sp³-hybridized carbons (Fsp3) is 0.312. The van der Waals surface area contributed by atoms with Gasteiger partial charge < -0.3 is 4.90 Å². The number of anilines is 1. The lowest BCUT2D eigenvalue weighted by Crippen LogP contribution is -2.30. The molecule has 1 aliphatic heterocycles. The molecule has 0 atom stereocenters. The van der Waals surface area contributed by atoms with E-state index in [1.807, 2.05) is 40.9 Å². The molecule has 0 N–H and O–H groups in total. The molecule has 6 heteroatoms. The zero-order valence-corrected chi connectivity index (χ0v) is 13.7. The van der Waals surface area contributed by atoms with E-state index in [0.717, 1.165) is 40.4 Å². The highest BCUT2D eigenvalue weighted by Gasteiger charge is 2.15. The van der Waals surface area contributed by atoms with E-state index < -0.39 is 0 Å². The van der Waals surface area contributed by atoms with Gasteiger partial charge in [0.2, 0.25) is 0 Å². The van der Waals surface area contributed by atoms with Crippen LogP contribution in [0.15, 0.2) is 40.9 Å². The van der Waals surface area contributed by atoms with Crippen LogP contribution >= 0.6 is 15.9 Å². The van der Waals surface area contributed by atoms with Crippen molar-refractivity contribution in [3.05, 3.63) is 40.9 Å². The Bertz CT molecular complexity index is 790. The second-order valence-electron chi connectivity index (χ2n) is 5.54. The Balaban J connectivity index is 1.77. The fourth-order valence-electron chi connectivity index (χ4n) is 2.85. The van der Waals surface area contributed by atoms with Crippen molar-refractivity contribution in [2.45, 2.75) is 19.3 Å². The van der Waals surface area contributed by atoms with Crippen LogP contribution in [-0.2, 0) is 0 Å². The molecule has 4 rings (SSSR count). The fourth-order valence-corrected chi connectivity index (χ4v) is 3.11. The first kappa shape index (κ1) is 13.7. The number of rotatable bonds is 2. The predicted molar refractivity (Wildman–Crippen MR) is 90.0 cm³/mol. The molecule has 1 aromatic carbocycles. The number of hydrogen-bond acceptors (Lipinski definition) is 4. The van der Waals surface area contributed by atoms with Crippen LogP contribution in [0.3, 0.4) is 0 Å². The number of benzene rings is 1. The summed E-state index contributed by atoms with van der Waals surface area (Å²) in [5, 5.41) is 13.3. The smallest absolute Gasteiger partial charge is 0.185 e. The van der Waals surface area contributed by atoms with Crippen molar-refractivity contribution in [3.63, 3.8) is 0 Å². The third-order valence-corrected chi connectivity index (χ3v) is 4.56. The lowest BCUT2D eigenvalue weighted by atomic mass is 10.1. The van der Waals surface area contributed by atoms with E-state index in [-0.39, 0.29) is 0 Å². The number of hydrogen-bond donors (Lipinski definition) is 0. The van der Waals surface area contributed by atoms with E-state index in [9.17, 15) is 0 Å². The quantitative estimate of drug-likeness (QED) is 0.703. The van der Waals surface area contributed by atoms with Crippen LogP contribution in [0.4, 0.5) is 5.82 Å². The summed E-state index contributed by atoms with van der Waals surface area (Å²) in [6.07, 6.45) is 3.79. The lowest BCUT2D eigenvalue weighted by Gasteiger charge is -2.27. The van der Waals surface area contributed by atoms with Gasteiger partial charge in [0.05, 0.1) is 0 Å². The number of aromatic nitrogens is 4. The van der Waals surface area contributed by atoms with Gasteiger partial charge in [0, 0.05) is 23.1 Å². The minimum atomic E-state index is 0.777. The largest absolute Gasteiger partial charge is 0.355 e. The topological polar surface area (TPSA) is 46.3 Å². The zero-order valence-electron chi connectivity index (χ0n) is 12.1. The molecule has 0 aliphatic carbocycles. The zero-order chi connectivity index (χ0) is 14.9. The molecule has 112 valence electrons. The maximum Gasteiger partial charge on any atom is 0.185 e. The lowest BCUT2D eigenvalue weighted by molar-refractivity contribution is 0.570. The second kappa shape index (κ2) is 5.68. The molecular formula is C16H16BrN5. The highest BCUT2D eigenvalue weighted by molar-refractivity contribution is 9.10. The minimum Gasteiger partial charge on any atom is -0.355 e. The highest BCUT2D eigenvalue weighted by atomic mass is 79.9. The van der Waals surface area contributed by atoms with E-state index in [1.165, 1.54) is 19.3 Å². The molecule has 3 aromatic rings. The molecule has 0 saturated carbocycles. The average molecular weight is 358 g/mol. The first-order valence-corrected chi connectivity index (χ1v) is 8.34. The molecule has 22 heavy (non-hydrogen) atoms. The van der Waals surface area contributed by atoms with Crippen LogP contribution < -0.4 is 4.90 Å². The third-order valence-electron chi connectivity index (χ3n) is 4.03. The summed E-state index contributed by atoms with van der Waals surface area (Å²) in [6.45, 7) is 2.16. The van der Waals surface area contributed by atoms with Gasteiger partial charge in [-0.15, -0.1) is 15.3 Å². The number of halogens is 1. The molecule has 1 fully saturated rings. The SMILES string of the molecule is Brc1ccc(-c2nnc3ccc(N4CCCCC4)nn23)cc1. The Morgan fingerprint density at radius 1 is 0.864 bits per heavy atom. The summed E-state index contributed by atoms with van der Waals surface area (Å²) in [5.74, 6) is 1.78. The highest BCUT2D eigenvalue weighted by Crippen LogP contribution is 2.22. The van der Waals surface area contributed by atoms with E-state index in [1.54, 1.807) is 0 Å². The summed E-state index contributed by atoms with van der Waals surface area (Å²) in [5.41, 5.74) is 1.79. The Morgan fingerprint density at radius 3 is 2.41 bits per heavy atom. The molecular weight excluding hydrogens is 342 g/mol. The molecule has 0 bridgehead atoms. The predicted octanol–water partition coefficient (Wildman–Crippen LogP) is 3.54. The first-order valence-electron chi connectivity index (χ1n) is 7.55. The summed E-state index contributed by atoms with van der Waals surface area (Å²) >= 11 is 3.46. The minimum absolute atomic E-state index is 0.777. The van der Waals surface area contributed by atoms with Gasteiger partial charge in [0.15, 0.2) is 11.5 Å². The molecule has 5 nitrogen and oxygen atoms in total. The van der Waals surface area contributed by atoms with Crippen molar-refractivity contribution in [2.75, 3.05) is 18.0 Å². The van der Waals surface area contributed by atoms with E-state index >= 15 is 0 Å². The van der Waals surface area contributed by atoms with Gasteiger partial charge >= 0.3 is 0 Å². The van der Waals surface area contributed by atoms with Crippen molar-refractivity contribution >= 4 is 27.4 Å². The normalized spacial score (nSPS) is 15.4. The van der Waals surface area contributed by atoms with Gasteiger partial charge in [-0.3, -0.25) is 0 Å². The Morgan fingerprint density at radius 2 is 1.64 bits per heavy atom. The molecule has 1 saturated heterocycles. The molecule has 3 heterocycles. The number of nitrogens with zero attached hydrogens (tertiary/aromatic N) is 5. The third kappa shape index (κ3) is 2.47. The molecule has 0 spiro atoms. The molecule has 0 amide bonds. The van der Waals surface area contributed by atoms with Crippen LogP contribution in [-0.4, -0.2) is 32.9 Å². The Kier molecular flexibility index (Phi) is 3.54. The van der Waals surface area contributed by atoms with Crippen molar-refractivity contribution in [1.82, 2.24) is 19.8 Å². The van der Waals surface area contributed by atoms with Gasteiger partial charge in [-0.2, -0.15) is 4.52 Å². The average Bonchev–Trinajstić information content (AvgIpc) is 2.99. The standard InChI is InChI=1S/C16H16BrN5/c17-13-6-4-12(5-7-13)16-19-18-14-8-9-15(20-22(14)16)21-10-2-1-3-11-21/h4-9H,1-3,10-11H2. The Hall–Kier alpha value is -1.95. The maximum absolute atomic E-state index is 4.76. The van der Waals surface area contributed by atoms with Gasteiger partial charge in [0.1, 0.15) is 5.82 Å². The van der Waals surface area contributed by atoms with E-state index in [4.69, 9.17) is 5.10 Å². The van der Waals surface area contributed by atoms with Gasteiger partial charge in [-0.05, 0) is 43.5 Å². The molecule has 0 unspecified atom stereocenters. The van der Waals surface area contributed by atoms with Crippen LogP contribution in [0.5, 0.6) is 0 Å². The summed E-state index contributed by atoms with van der Waals surface area (Å²) in [4.78, 5) is 2.34. The van der Waals surface area contributed by atoms with Gasteiger partial charge in [-0.1, -0.05) is 28.1 Å².